The van der Waals surface area contributed by atoms with E-state index >= 15 is 0 Å². The van der Waals surface area contributed by atoms with Gasteiger partial charge in [-0.25, -0.2) is 0 Å². The summed E-state index contributed by atoms with van der Waals surface area (Å²) >= 11 is 0. The standard InChI is InChI=1S/C42H75NO9/c1-3-5-9-15-35-19-23-37(24-20-35)41(47)51-33-31-49-39(45)17-11-7-13-27-43(29-30-44)28-14-8-12-18-40(46)50-32-34-52-42(48)38-25-21-36(22-26-38)16-10-6-4-2/h35-38,44H,3-34H2,1-2H3. The van der Waals surface area contributed by atoms with Gasteiger partial charge in [0.1, 0.15) is 26.4 Å². The van der Waals surface area contributed by atoms with E-state index in [-0.39, 0.29) is 68.7 Å². The summed E-state index contributed by atoms with van der Waals surface area (Å²) in [6.07, 6.45) is 24.0. The SMILES string of the molecule is CCCCCC1CCC(C(=O)OCCOC(=O)CCCCCN(CCO)CCCCCC(=O)OCCOC(=O)C2CCC(CCCCC)CC2)CC1. The van der Waals surface area contributed by atoms with Crippen molar-refractivity contribution < 1.29 is 43.2 Å². The van der Waals surface area contributed by atoms with Gasteiger partial charge in [-0.3, -0.25) is 19.2 Å². The fourth-order valence-corrected chi connectivity index (χ4v) is 7.76. The molecule has 2 fully saturated rings. The van der Waals surface area contributed by atoms with Gasteiger partial charge in [-0.1, -0.05) is 78.1 Å². The summed E-state index contributed by atoms with van der Waals surface area (Å²) in [5.41, 5.74) is 0. The molecule has 0 amide bonds. The molecule has 0 aromatic heterocycles. The second-order valence-electron chi connectivity index (χ2n) is 15.4. The molecule has 0 saturated heterocycles. The zero-order chi connectivity index (χ0) is 37.7. The Morgan fingerprint density at radius 3 is 1.29 bits per heavy atom. The fraction of sp³-hybridized carbons (Fsp3) is 0.905. The van der Waals surface area contributed by atoms with E-state index < -0.39 is 0 Å². The third kappa shape index (κ3) is 22.1. The smallest absolute Gasteiger partial charge is 0.309 e. The summed E-state index contributed by atoms with van der Waals surface area (Å²) in [6.45, 7) is 7.27. The Balaban J connectivity index is 1.40. The quantitative estimate of drug-likeness (QED) is 0.0436. The van der Waals surface area contributed by atoms with Crippen LogP contribution >= 0.6 is 0 Å². The second kappa shape index (κ2) is 30.2. The molecule has 0 aliphatic heterocycles. The van der Waals surface area contributed by atoms with Gasteiger partial charge in [-0.05, 0) is 102 Å². The van der Waals surface area contributed by atoms with Crippen molar-refractivity contribution in [2.24, 2.45) is 23.7 Å². The monoisotopic (exact) mass is 738 g/mol. The van der Waals surface area contributed by atoms with Crippen molar-refractivity contribution >= 4 is 23.9 Å². The van der Waals surface area contributed by atoms with E-state index in [4.69, 9.17) is 18.9 Å². The number of esters is 4. The minimum absolute atomic E-state index is 0.0121. The van der Waals surface area contributed by atoms with Crippen molar-refractivity contribution in [3.8, 4) is 0 Å². The van der Waals surface area contributed by atoms with Crippen molar-refractivity contribution in [3.05, 3.63) is 0 Å². The van der Waals surface area contributed by atoms with Crippen molar-refractivity contribution in [2.45, 2.75) is 168 Å². The number of carbonyl (C=O) groups excluding carboxylic acids is 4. The molecule has 302 valence electrons. The van der Waals surface area contributed by atoms with Crippen LogP contribution < -0.4 is 0 Å². The summed E-state index contributed by atoms with van der Waals surface area (Å²) in [7, 11) is 0. The molecule has 0 aromatic rings. The molecule has 2 aliphatic carbocycles. The Hall–Kier alpha value is -2.20. The molecule has 1 N–H and O–H groups in total. The number of ether oxygens (including phenoxy) is 4. The van der Waals surface area contributed by atoms with Crippen LogP contribution in [0, 0.1) is 23.7 Å². The predicted octanol–water partition coefficient (Wildman–Crippen LogP) is 8.35. The van der Waals surface area contributed by atoms with Crippen LogP contribution in [0.15, 0.2) is 0 Å². The number of rotatable bonds is 30. The van der Waals surface area contributed by atoms with Crippen molar-refractivity contribution in [1.29, 1.82) is 0 Å². The molecule has 0 radical (unpaired) electrons. The topological polar surface area (TPSA) is 129 Å². The molecule has 0 unspecified atom stereocenters. The summed E-state index contributed by atoms with van der Waals surface area (Å²) < 4.78 is 21.3. The third-order valence-electron chi connectivity index (χ3n) is 11.1. The first kappa shape index (κ1) is 46.0. The highest BCUT2D eigenvalue weighted by Gasteiger charge is 2.28. The molecule has 10 heteroatoms. The maximum Gasteiger partial charge on any atom is 0.309 e. The summed E-state index contributed by atoms with van der Waals surface area (Å²) in [4.78, 5) is 51.3. The molecule has 0 bridgehead atoms. The summed E-state index contributed by atoms with van der Waals surface area (Å²) in [5, 5.41) is 9.48. The van der Waals surface area contributed by atoms with Gasteiger partial charge in [0, 0.05) is 19.4 Å². The van der Waals surface area contributed by atoms with E-state index in [1.54, 1.807) is 0 Å². The van der Waals surface area contributed by atoms with Crippen LogP contribution in [0.25, 0.3) is 0 Å². The number of hydrogen-bond acceptors (Lipinski definition) is 10. The van der Waals surface area contributed by atoms with Crippen LogP contribution in [0.2, 0.25) is 0 Å². The number of hydrogen-bond donors (Lipinski definition) is 1. The Morgan fingerprint density at radius 1 is 0.500 bits per heavy atom. The first-order chi connectivity index (χ1) is 25.4. The van der Waals surface area contributed by atoms with Gasteiger partial charge < -0.3 is 29.0 Å². The Morgan fingerprint density at radius 2 is 0.904 bits per heavy atom. The molecule has 2 saturated carbocycles. The first-order valence-corrected chi connectivity index (χ1v) is 21.3. The molecule has 0 spiro atoms. The number of aliphatic hydroxyl groups excluding tert-OH is 1. The lowest BCUT2D eigenvalue weighted by atomic mass is 9.80. The average molecular weight is 738 g/mol. The second-order valence-corrected chi connectivity index (χ2v) is 15.4. The van der Waals surface area contributed by atoms with Crippen LogP contribution in [0.3, 0.4) is 0 Å². The molecule has 0 heterocycles. The van der Waals surface area contributed by atoms with Crippen molar-refractivity contribution in [2.75, 3.05) is 52.7 Å². The minimum atomic E-state index is -0.263. The Bertz CT molecular complexity index is 872. The molecule has 0 atom stereocenters. The van der Waals surface area contributed by atoms with E-state index in [2.05, 4.69) is 18.7 Å². The molecule has 52 heavy (non-hydrogen) atoms. The highest BCUT2D eigenvalue weighted by molar-refractivity contribution is 5.73. The van der Waals surface area contributed by atoms with Crippen LogP contribution in [0.5, 0.6) is 0 Å². The van der Waals surface area contributed by atoms with Gasteiger partial charge in [-0.15, -0.1) is 0 Å². The fourth-order valence-electron chi connectivity index (χ4n) is 7.76. The van der Waals surface area contributed by atoms with Crippen LogP contribution in [0.4, 0.5) is 0 Å². The lowest BCUT2D eigenvalue weighted by molar-refractivity contribution is -0.156. The predicted molar refractivity (Wildman–Crippen MR) is 203 cm³/mol. The number of aliphatic hydroxyl groups is 1. The molecule has 2 aliphatic rings. The van der Waals surface area contributed by atoms with Crippen LogP contribution in [0.1, 0.15) is 168 Å². The molecule has 0 aromatic carbocycles. The highest BCUT2D eigenvalue weighted by atomic mass is 16.6. The maximum absolute atomic E-state index is 12.4. The van der Waals surface area contributed by atoms with Gasteiger partial charge in [-0.2, -0.15) is 0 Å². The van der Waals surface area contributed by atoms with Crippen LogP contribution in [-0.2, 0) is 38.1 Å². The Labute approximate surface area is 315 Å². The van der Waals surface area contributed by atoms with E-state index in [1.807, 2.05) is 0 Å². The first-order valence-electron chi connectivity index (χ1n) is 21.3. The minimum Gasteiger partial charge on any atom is -0.462 e. The van der Waals surface area contributed by atoms with Crippen molar-refractivity contribution in [1.82, 2.24) is 4.90 Å². The molecular weight excluding hydrogens is 662 g/mol. The van der Waals surface area contributed by atoms with Crippen molar-refractivity contribution in [3.63, 3.8) is 0 Å². The van der Waals surface area contributed by atoms with Gasteiger partial charge >= 0.3 is 23.9 Å². The zero-order valence-corrected chi connectivity index (χ0v) is 33.1. The maximum atomic E-state index is 12.4. The number of unbranched alkanes of at least 4 members (excludes halogenated alkanes) is 8. The van der Waals surface area contributed by atoms with Gasteiger partial charge in [0.05, 0.1) is 18.4 Å². The van der Waals surface area contributed by atoms with Gasteiger partial charge in [0.15, 0.2) is 0 Å². The molecular formula is C42H75NO9. The highest BCUT2D eigenvalue weighted by Crippen LogP contribution is 2.33. The van der Waals surface area contributed by atoms with E-state index in [1.165, 1.54) is 51.4 Å². The van der Waals surface area contributed by atoms with E-state index in [0.717, 1.165) is 115 Å². The number of nitrogens with zero attached hydrogens (tertiary/aromatic N) is 1. The Kier molecular flexibility index (Phi) is 26.7. The third-order valence-corrected chi connectivity index (χ3v) is 11.1. The van der Waals surface area contributed by atoms with E-state index in [0.29, 0.717) is 19.4 Å². The number of carbonyl (C=O) groups is 4. The zero-order valence-electron chi connectivity index (χ0n) is 33.1. The molecule has 2 rings (SSSR count). The largest absolute Gasteiger partial charge is 0.462 e. The lowest BCUT2D eigenvalue weighted by Gasteiger charge is -2.27. The molecule has 10 nitrogen and oxygen atoms in total. The lowest BCUT2D eigenvalue weighted by Crippen LogP contribution is -2.29. The normalized spacial score (nSPS) is 20.4. The van der Waals surface area contributed by atoms with Crippen LogP contribution in [-0.4, -0.2) is 86.6 Å². The van der Waals surface area contributed by atoms with E-state index in [9.17, 15) is 24.3 Å². The summed E-state index contributed by atoms with van der Waals surface area (Å²) in [6, 6.07) is 0. The average Bonchev–Trinajstić information content (AvgIpc) is 3.15. The summed E-state index contributed by atoms with van der Waals surface area (Å²) in [5.74, 6) is 0.653. The van der Waals surface area contributed by atoms with Gasteiger partial charge in [0.25, 0.3) is 0 Å². The van der Waals surface area contributed by atoms with Gasteiger partial charge in [0.2, 0.25) is 0 Å².